The minimum Gasteiger partial charge on any atom is -0.312 e. The molecule has 6 nitrogen and oxygen atoms in total. The van der Waals surface area contributed by atoms with Gasteiger partial charge in [-0.15, -0.1) is 5.10 Å². The number of benzene rings is 2. The minimum atomic E-state index is -0.0342. The summed E-state index contributed by atoms with van der Waals surface area (Å²) in [6.45, 7) is 0.596. The van der Waals surface area contributed by atoms with Crippen LogP contribution >= 0.6 is 0 Å². The molecule has 2 aromatic heterocycles. The second-order valence-electron chi connectivity index (χ2n) is 6.19. The molecule has 0 spiro atoms. The molecule has 0 saturated heterocycles. The Hall–Kier alpha value is -3.54. The largest absolute Gasteiger partial charge is 0.312 e. The molecule has 4 aromatic rings. The van der Waals surface area contributed by atoms with Gasteiger partial charge in [-0.25, -0.2) is 9.50 Å². The number of carbonyl (C=O) groups excluding carboxylic acids is 1. The van der Waals surface area contributed by atoms with Gasteiger partial charge >= 0.3 is 0 Å². The summed E-state index contributed by atoms with van der Waals surface area (Å²) in [6.07, 6.45) is 4.34. The lowest BCUT2D eigenvalue weighted by molar-refractivity contribution is -0.118. The van der Waals surface area contributed by atoms with Gasteiger partial charge in [0.2, 0.25) is 5.91 Å². The van der Waals surface area contributed by atoms with E-state index in [4.69, 9.17) is 0 Å². The van der Waals surface area contributed by atoms with Crippen molar-refractivity contribution in [3.05, 3.63) is 90.5 Å². The first kappa shape index (κ1) is 16.9. The molecule has 27 heavy (non-hydrogen) atoms. The van der Waals surface area contributed by atoms with Crippen LogP contribution in [0.2, 0.25) is 0 Å². The van der Waals surface area contributed by atoms with Gasteiger partial charge in [0.1, 0.15) is 0 Å². The topological polar surface area (TPSA) is 63.4 Å². The van der Waals surface area contributed by atoms with Gasteiger partial charge < -0.3 is 4.90 Å². The molecule has 4 rings (SSSR count). The molecule has 0 unspecified atom stereocenters. The first-order valence-corrected chi connectivity index (χ1v) is 8.85. The number of rotatable bonds is 6. The van der Waals surface area contributed by atoms with E-state index in [1.807, 2.05) is 48.5 Å². The number of hydrogen-bond donors (Lipinski definition) is 0. The fourth-order valence-electron chi connectivity index (χ4n) is 2.97. The Kier molecular flexibility index (Phi) is 4.87. The molecule has 134 valence electrons. The van der Waals surface area contributed by atoms with E-state index in [0.717, 1.165) is 12.1 Å². The van der Waals surface area contributed by atoms with Gasteiger partial charge in [0.25, 0.3) is 5.78 Å². The second kappa shape index (κ2) is 7.78. The zero-order valence-electron chi connectivity index (χ0n) is 14.8. The minimum absolute atomic E-state index is 0.0342. The lowest BCUT2D eigenvalue weighted by Gasteiger charge is -2.22. The average Bonchev–Trinajstić information content (AvgIpc) is 3.12. The molecule has 1 amide bonds. The van der Waals surface area contributed by atoms with E-state index in [9.17, 15) is 4.79 Å². The molecular formula is C21H19N5O. The van der Waals surface area contributed by atoms with E-state index in [0.29, 0.717) is 18.1 Å². The van der Waals surface area contributed by atoms with Crippen molar-refractivity contribution < 1.29 is 4.79 Å². The van der Waals surface area contributed by atoms with Crippen molar-refractivity contribution in [2.45, 2.75) is 12.8 Å². The summed E-state index contributed by atoms with van der Waals surface area (Å²) in [7, 11) is 0. The first-order valence-electron chi connectivity index (χ1n) is 8.85. The maximum absolute atomic E-state index is 13.0. The summed E-state index contributed by atoms with van der Waals surface area (Å²) < 4.78 is 1.58. The zero-order chi connectivity index (χ0) is 18.5. The van der Waals surface area contributed by atoms with E-state index in [-0.39, 0.29) is 12.3 Å². The van der Waals surface area contributed by atoms with Crippen LogP contribution in [0.25, 0.3) is 5.78 Å². The Labute approximate surface area is 157 Å². The summed E-state index contributed by atoms with van der Waals surface area (Å²) >= 11 is 0. The number of hydrogen-bond acceptors (Lipinski definition) is 4. The van der Waals surface area contributed by atoms with Gasteiger partial charge in [-0.2, -0.15) is 4.98 Å². The molecule has 6 heteroatoms. The van der Waals surface area contributed by atoms with E-state index >= 15 is 0 Å². The van der Waals surface area contributed by atoms with Crippen LogP contribution in [0.1, 0.15) is 11.4 Å². The summed E-state index contributed by atoms with van der Waals surface area (Å²) in [6, 6.07) is 21.6. The zero-order valence-corrected chi connectivity index (χ0v) is 14.8. The molecule has 2 aromatic carbocycles. The van der Waals surface area contributed by atoms with Crippen LogP contribution < -0.4 is 4.90 Å². The quantitative estimate of drug-likeness (QED) is 0.532. The highest BCUT2D eigenvalue weighted by molar-refractivity contribution is 5.94. The van der Waals surface area contributed by atoms with Crippen molar-refractivity contribution in [2.24, 2.45) is 0 Å². The molecule has 0 radical (unpaired) electrons. The predicted octanol–water partition coefficient (Wildman–Crippen LogP) is 2.94. The van der Waals surface area contributed by atoms with E-state index in [1.54, 1.807) is 27.9 Å². The molecule has 0 fully saturated rings. The SMILES string of the molecule is O=C(Cc1nc2ncccn2n1)N(CCc1ccccc1)c1ccccc1. The highest BCUT2D eigenvalue weighted by Gasteiger charge is 2.18. The number of nitrogens with zero attached hydrogens (tertiary/aromatic N) is 5. The molecule has 0 saturated carbocycles. The van der Waals surface area contributed by atoms with Crippen LogP contribution in [0.5, 0.6) is 0 Å². The number of fused-ring (bicyclic) bond motifs is 1. The monoisotopic (exact) mass is 357 g/mol. The van der Waals surface area contributed by atoms with Crippen molar-refractivity contribution in [3.63, 3.8) is 0 Å². The fourth-order valence-corrected chi connectivity index (χ4v) is 2.97. The van der Waals surface area contributed by atoms with Crippen molar-refractivity contribution in [1.82, 2.24) is 19.6 Å². The van der Waals surface area contributed by atoms with E-state index < -0.39 is 0 Å². The third kappa shape index (κ3) is 4.00. The average molecular weight is 357 g/mol. The molecule has 0 aliphatic carbocycles. The molecule has 0 bridgehead atoms. The Morgan fingerprint density at radius 2 is 1.70 bits per heavy atom. The van der Waals surface area contributed by atoms with Crippen molar-refractivity contribution in [2.75, 3.05) is 11.4 Å². The van der Waals surface area contributed by atoms with Crippen LogP contribution in [0, 0.1) is 0 Å². The lowest BCUT2D eigenvalue weighted by Crippen LogP contribution is -2.34. The molecule has 0 aliphatic heterocycles. The van der Waals surface area contributed by atoms with Crippen molar-refractivity contribution in [1.29, 1.82) is 0 Å². The van der Waals surface area contributed by atoms with Crippen molar-refractivity contribution in [3.8, 4) is 0 Å². The Morgan fingerprint density at radius 3 is 2.44 bits per heavy atom. The maximum atomic E-state index is 13.0. The Morgan fingerprint density at radius 1 is 0.963 bits per heavy atom. The van der Waals surface area contributed by atoms with Gasteiger partial charge in [-0.05, 0) is 30.2 Å². The Balaban J connectivity index is 1.54. The Bertz CT molecular complexity index is 997. The number of anilines is 1. The van der Waals surface area contributed by atoms with Gasteiger partial charge in [-0.1, -0.05) is 48.5 Å². The maximum Gasteiger partial charge on any atom is 0.252 e. The number of para-hydroxylation sites is 1. The van der Waals surface area contributed by atoms with Gasteiger partial charge in [0.05, 0.1) is 6.42 Å². The summed E-state index contributed by atoms with van der Waals surface area (Å²) in [4.78, 5) is 23.3. The summed E-state index contributed by atoms with van der Waals surface area (Å²) in [5.41, 5.74) is 2.07. The van der Waals surface area contributed by atoms with Gasteiger partial charge in [-0.3, -0.25) is 4.79 Å². The van der Waals surface area contributed by atoms with Crippen molar-refractivity contribution >= 4 is 17.4 Å². The summed E-state index contributed by atoms with van der Waals surface area (Å²) in [5, 5.41) is 4.34. The third-order valence-corrected chi connectivity index (χ3v) is 4.31. The lowest BCUT2D eigenvalue weighted by atomic mass is 10.1. The standard InChI is InChI=1S/C21H19N5O/c27-20(16-19-23-21-22-13-7-14-26(21)24-19)25(18-10-5-2-6-11-18)15-12-17-8-3-1-4-9-17/h1-11,13-14H,12,15-16H2. The summed E-state index contributed by atoms with van der Waals surface area (Å²) in [5.74, 6) is 0.934. The van der Waals surface area contributed by atoms with Crippen LogP contribution in [0.3, 0.4) is 0 Å². The number of carbonyl (C=O) groups is 1. The highest BCUT2D eigenvalue weighted by Crippen LogP contribution is 2.16. The molecule has 0 atom stereocenters. The molecule has 2 heterocycles. The van der Waals surface area contributed by atoms with Crippen LogP contribution in [0.4, 0.5) is 5.69 Å². The number of aromatic nitrogens is 4. The van der Waals surface area contributed by atoms with Gasteiger partial charge in [0.15, 0.2) is 5.82 Å². The fraction of sp³-hybridized carbons (Fsp3) is 0.143. The van der Waals surface area contributed by atoms with Crippen LogP contribution in [0.15, 0.2) is 79.1 Å². The molecular weight excluding hydrogens is 338 g/mol. The second-order valence-corrected chi connectivity index (χ2v) is 6.19. The van der Waals surface area contributed by atoms with E-state index in [2.05, 4.69) is 27.2 Å². The smallest absolute Gasteiger partial charge is 0.252 e. The van der Waals surface area contributed by atoms with Crippen LogP contribution in [-0.4, -0.2) is 32.0 Å². The molecule has 0 N–H and O–H groups in total. The number of amides is 1. The third-order valence-electron chi connectivity index (χ3n) is 4.31. The highest BCUT2D eigenvalue weighted by atomic mass is 16.2. The first-order chi connectivity index (χ1) is 13.3. The molecule has 0 aliphatic rings. The van der Waals surface area contributed by atoms with Crippen LogP contribution in [-0.2, 0) is 17.6 Å². The predicted molar refractivity (Wildman–Crippen MR) is 103 cm³/mol. The van der Waals surface area contributed by atoms with E-state index in [1.165, 1.54) is 5.56 Å². The normalized spacial score (nSPS) is 10.8. The van der Waals surface area contributed by atoms with Gasteiger partial charge in [0, 0.05) is 24.6 Å².